The average Bonchev–Trinajstić information content (AvgIpc) is 2.38. The molecular formula is C12H14O5. The van der Waals surface area contributed by atoms with Gasteiger partial charge in [-0.1, -0.05) is 12.1 Å². The average molecular weight is 238 g/mol. The Morgan fingerprint density at radius 3 is 2.29 bits per heavy atom. The minimum Gasteiger partial charge on any atom is -0.496 e. The van der Waals surface area contributed by atoms with Crippen molar-refractivity contribution in [3.8, 4) is 5.75 Å². The van der Waals surface area contributed by atoms with Crippen molar-refractivity contribution in [1.29, 1.82) is 0 Å². The molecule has 0 radical (unpaired) electrons. The second-order valence-electron chi connectivity index (χ2n) is 3.20. The fourth-order valence-electron chi connectivity index (χ4n) is 1.41. The van der Waals surface area contributed by atoms with Crippen LogP contribution in [0.2, 0.25) is 0 Å². The number of ether oxygens (including phenoxy) is 3. The van der Waals surface area contributed by atoms with Crippen LogP contribution < -0.4 is 4.74 Å². The summed E-state index contributed by atoms with van der Waals surface area (Å²) < 4.78 is 14.4. The largest absolute Gasteiger partial charge is 0.496 e. The van der Waals surface area contributed by atoms with Crippen LogP contribution in [0.15, 0.2) is 24.3 Å². The van der Waals surface area contributed by atoms with E-state index in [0.29, 0.717) is 5.75 Å². The lowest BCUT2D eigenvalue weighted by atomic mass is 10.1. The van der Waals surface area contributed by atoms with Crippen LogP contribution in [0.5, 0.6) is 5.75 Å². The van der Waals surface area contributed by atoms with Crippen LogP contribution >= 0.6 is 0 Å². The molecule has 0 aliphatic rings. The normalized spacial score (nSPS) is 11.7. The van der Waals surface area contributed by atoms with Crippen molar-refractivity contribution >= 4 is 11.8 Å². The van der Waals surface area contributed by atoms with E-state index in [2.05, 4.69) is 4.74 Å². The predicted octanol–water partition coefficient (Wildman–Crippen LogP) is 1.07. The van der Waals surface area contributed by atoms with E-state index in [1.807, 2.05) is 0 Å². The first-order valence-electron chi connectivity index (χ1n) is 4.93. The van der Waals surface area contributed by atoms with Gasteiger partial charge in [-0.25, -0.2) is 4.79 Å². The van der Waals surface area contributed by atoms with Gasteiger partial charge in [0.25, 0.3) is 0 Å². The number of ketones is 1. The van der Waals surface area contributed by atoms with Crippen molar-refractivity contribution in [3.63, 3.8) is 0 Å². The number of carbonyl (C=O) groups is 2. The molecule has 1 atom stereocenters. The first kappa shape index (κ1) is 13.2. The van der Waals surface area contributed by atoms with Crippen LogP contribution in [-0.2, 0) is 14.3 Å². The number of para-hydroxylation sites is 1. The van der Waals surface area contributed by atoms with Crippen molar-refractivity contribution in [3.05, 3.63) is 29.8 Å². The Morgan fingerprint density at radius 2 is 1.76 bits per heavy atom. The monoisotopic (exact) mass is 238 g/mol. The van der Waals surface area contributed by atoms with Crippen molar-refractivity contribution in [2.24, 2.45) is 0 Å². The Morgan fingerprint density at radius 1 is 1.12 bits per heavy atom. The van der Waals surface area contributed by atoms with Crippen LogP contribution in [0, 0.1) is 0 Å². The van der Waals surface area contributed by atoms with Gasteiger partial charge in [-0.05, 0) is 12.1 Å². The van der Waals surface area contributed by atoms with E-state index in [1.165, 1.54) is 21.3 Å². The maximum atomic E-state index is 12.1. The first-order chi connectivity index (χ1) is 8.15. The fraction of sp³-hybridized carbons (Fsp3) is 0.333. The van der Waals surface area contributed by atoms with Gasteiger partial charge in [0, 0.05) is 7.11 Å². The van der Waals surface area contributed by atoms with Crippen LogP contribution in [0.25, 0.3) is 0 Å². The molecule has 0 aliphatic heterocycles. The quantitative estimate of drug-likeness (QED) is 0.436. The minimum atomic E-state index is -1.27. The van der Waals surface area contributed by atoms with Crippen molar-refractivity contribution < 1.29 is 23.8 Å². The van der Waals surface area contributed by atoms with Gasteiger partial charge in [0.1, 0.15) is 5.75 Å². The van der Waals surface area contributed by atoms with Gasteiger partial charge in [-0.15, -0.1) is 0 Å². The van der Waals surface area contributed by atoms with E-state index in [1.54, 1.807) is 24.3 Å². The van der Waals surface area contributed by atoms with Crippen LogP contribution in [0.3, 0.4) is 0 Å². The van der Waals surface area contributed by atoms with Gasteiger partial charge in [-0.3, -0.25) is 4.79 Å². The van der Waals surface area contributed by atoms with Gasteiger partial charge in [0.05, 0.1) is 19.8 Å². The molecule has 0 bridgehead atoms. The highest BCUT2D eigenvalue weighted by Gasteiger charge is 2.30. The minimum absolute atomic E-state index is 0.284. The zero-order chi connectivity index (χ0) is 12.8. The van der Waals surface area contributed by atoms with E-state index in [4.69, 9.17) is 9.47 Å². The molecule has 0 fully saturated rings. The third kappa shape index (κ3) is 2.82. The maximum absolute atomic E-state index is 12.1. The van der Waals surface area contributed by atoms with Gasteiger partial charge >= 0.3 is 5.97 Å². The van der Waals surface area contributed by atoms with Gasteiger partial charge in [0.15, 0.2) is 0 Å². The van der Waals surface area contributed by atoms with Gasteiger partial charge < -0.3 is 14.2 Å². The Kier molecular flexibility index (Phi) is 4.66. The second-order valence-corrected chi connectivity index (χ2v) is 3.20. The zero-order valence-electron chi connectivity index (χ0n) is 9.93. The Balaban J connectivity index is 3.06. The predicted molar refractivity (Wildman–Crippen MR) is 60.1 cm³/mol. The summed E-state index contributed by atoms with van der Waals surface area (Å²) >= 11 is 0. The summed E-state index contributed by atoms with van der Waals surface area (Å²) in [5.41, 5.74) is 0.284. The summed E-state index contributed by atoms with van der Waals surface area (Å²) in [4.78, 5) is 23.4. The number of Topliss-reactive ketones (excluding diaryl/α,β-unsaturated/α-hetero) is 1. The zero-order valence-corrected chi connectivity index (χ0v) is 9.93. The van der Waals surface area contributed by atoms with Crippen LogP contribution in [-0.4, -0.2) is 39.2 Å². The Bertz CT molecular complexity index is 413. The Labute approximate surface area is 99.3 Å². The molecule has 1 rings (SSSR count). The van der Waals surface area contributed by atoms with E-state index in [9.17, 15) is 9.59 Å². The molecular weight excluding hydrogens is 224 g/mol. The standard InChI is InChI=1S/C12H14O5/c1-15-9-7-5-4-6-8(9)10(13)11(16-2)12(14)17-3/h4-7,11H,1-3H3. The number of hydrogen-bond donors (Lipinski definition) is 0. The molecule has 0 aliphatic carbocycles. The topological polar surface area (TPSA) is 61.8 Å². The van der Waals surface area contributed by atoms with Crippen LogP contribution in [0.4, 0.5) is 0 Å². The van der Waals surface area contributed by atoms with Crippen molar-refractivity contribution in [2.75, 3.05) is 21.3 Å². The van der Waals surface area contributed by atoms with Gasteiger partial charge in [0.2, 0.25) is 11.9 Å². The van der Waals surface area contributed by atoms with E-state index < -0.39 is 17.9 Å². The first-order valence-corrected chi connectivity index (χ1v) is 4.93. The molecule has 0 heterocycles. The van der Waals surface area contributed by atoms with Gasteiger partial charge in [-0.2, -0.15) is 0 Å². The summed E-state index contributed by atoms with van der Waals surface area (Å²) in [7, 11) is 3.92. The number of methoxy groups -OCH3 is 3. The molecule has 0 N–H and O–H groups in total. The molecule has 92 valence electrons. The maximum Gasteiger partial charge on any atom is 0.343 e. The SMILES string of the molecule is COC(=O)C(OC)C(=O)c1ccccc1OC. The number of carbonyl (C=O) groups excluding carboxylic acids is 2. The number of esters is 1. The number of benzene rings is 1. The third-order valence-electron chi connectivity index (χ3n) is 2.26. The summed E-state index contributed by atoms with van der Waals surface area (Å²) in [6.07, 6.45) is -1.27. The van der Waals surface area contributed by atoms with Crippen molar-refractivity contribution in [1.82, 2.24) is 0 Å². The lowest BCUT2D eigenvalue weighted by Gasteiger charge is -2.13. The lowest BCUT2D eigenvalue weighted by Crippen LogP contribution is -2.33. The highest BCUT2D eigenvalue weighted by atomic mass is 16.6. The summed E-state index contributed by atoms with van der Waals surface area (Å²) in [5, 5.41) is 0. The summed E-state index contributed by atoms with van der Waals surface area (Å²) in [6, 6.07) is 6.61. The highest BCUT2D eigenvalue weighted by molar-refractivity contribution is 6.12. The summed E-state index contributed by atoms with van der Waals surface area (Å²) in [5.74, 6) is -0.830. The molecule has 5 heteroatoms. The molecule has 0 aromatic heterocycles. The van der Waals surface area contributed by atoms with Crippen molar-refractivity contribution in [2.45, 2.75) is 6.10 Å². The second kappa shape index (κ2) is 6.00. The third-order valence-corrected chi connectivity index (χ3v) is 2.26. The fourth-order valence-corrected chi connectivity index (χ4v) is 1.41. The molecule has 1 unspecified atom stereocenters. The summed E-state index contributed by atoms with van der Waals surface area (Å²) in [6.45, 7) is 0. The molecule has 1 aromatic rings. The molecule has 5 nitrogen and oxygen atoms in total. The molecule has 0 saturated heterocycles. The molecule has 1 aromatic carbocycles. The number of hydrogen-bond acceptors (Lipinski definition) is 5. The highest BCUT2D eigenvalue weighted by Crippen LogP contribution is 2.20. The molecule has 17 heavy (non-hydrogen) atoms. The molecule has 0 saturated carbocycles. The smallest absolute Gasteiger partial charge is 0.343 e. The van der Waals surface area contributed by atoms with E-state index in [0.717, 1.165) is 0 Å². The molecule has 0 spiro atoms. The Hall–Kier alpha value is -1.88. The lowest BCUT2D eigenvalue weighted by molar-refractivity contribution is -0.149. The molecule has 0 amide bonds. The van der Waals surface area contributed by atoms with E-state index in [-0.39, 0.29) is 5.56 Å². The number of rotatable bonds is 5. The van der Waals surface area contributed by atoms with Crippen LogP contribution in [0.1, 0.15) is 10.4 Å². The van der Waals surface area contributed by atoms with E-state index >= 15 is 0 Å².